The third kappa shape index (κ3) is 5.96. The van der Waals surface area contributed by atoms with Gasteiger partial charge in [-0.2, -0.15) is 0 Å². The minimum atomic E-state index is -0.523. The van der Waals surface area contributed by atoms with E-state index in [-0.39, 0.29) is 17.4 Å². The largest absolute Gasteiger partial charge is 0.289 e. The summed E-state index contributed by atoms with van der Waals surface area (Å²) >= 11 is 8.05. The number of halogens is 3. The lowest BCUT2D eigenvalue weighted by atomic mass is 10.0. The van der Waals surface area contributed by atoms with Gasteiger partial charge in [0.15, 0.2) is 20.5 Å². The molecule has 0 aliphatic carbocycles. The molecule has 0 N–H and O–H groups in total. The van der Waals surface area contributed by atoms with E-state index in [2.05, 4.69) is 0 Å². The first-order chi connectivity index (χ1) is 18.0. The summed E-state index contributed by atoms with van der Waals surface area (Å²) in [4.78, 5) is 17.5. The summed E-state index contributed by atoms with van der Waals surface area (Å²) in [5.41, 5.74) is 1.16. The molecule has 1 nitrogen and oxygen atoms in total. The zero-order valence-corrected chi connectivity index (χ0v) is 21.8. The lowest BCUT2D eigenvalue weighted by Gasteiger charge is -2.10. The van der Waals surface area contributed by atoms with Gasteiger partial charge in [-0.1, -0.05) is 53.7 Å². The van der Waals surface area contributed by atoms with Crippen LogP contribution in [0.5, 0.6) is 0 Å². The third-order valence-electron chi connectivity index (χ3n) is 5.62. The van der Waals surface area contributed by atoms with Crippen LogP contribution < -0.4 is 0 Å². The van der Waals surface area contributed by atoms with Crippen molar-refractivity contribution in [1.82, 2.24) is 0 Å². The lowest BCUT2D eigenvalue weighted by molar-refractivity contribution is 0.103. The number of rotatable bonds is 7. The molecule has 5 rings (SSSR count). The van der Waals surface area contributed by atoms with Crippen LogP contribution in [0.25, 0.3) is 0 Å². The monoisotopic (exact) mass is 545 g/mol. The van der Waals surface area contributed by atoms with Crippen molar-refractivity contribution in [3.8, 4) is 0 Å². The quantitative estimate of drug-likeness (QED) is 0.150. The van der Waals surface area contributed by atoms with Crippen molar-refractivity contribution in [2.24, 2.45) is 0 Å². The van der Waals surface area contributed by atoms with Crippen LogP contribution in [0.4, 0.5) is 8.78 Å². The molecule has 0 amide bonds. The normalized spacial score (nSPS) is 11.0. The van der Waals surface area contributed by atoms with Gasteiger partial charge in [0, 0.05) is 20.9 Å². The summed E-state index contributed by atoms with van der Waals surface area (Å²) in [5.74, 6) is -0.671. The summed E-state index contributed by atoms with van der Waals surface area (Å²) in [7, 11) is -0.523. The highest BCUT2D eigenvalue weighted by Gasteiger charge is 2.28. The van der Waals surface area contributed by atoms with Crippen LogP contribution >= 0.6 is 23.4 Å². The van der Waals surface area contributed by atoms with Gasteiger partial charge in [0.25, 0.3) is 0 Å². The van der Waals surface area contributed by atoms with Gasteiger partial charge in [0.05, 0.1) is 15.9 Å². The van der Waals surface area contributed by atoms with Gasteiger partial charge in [-0.05, 0) is 91.0 Å². The number of ketones is 1. The molecule has 5 aromatic carbocycles. The molecule has 0 aromatic heterocycles. The Labute approximate surface area is 226 Å². The SMILES string of the molecule is O=C(c1ccccc1)c1ccc(Sc2ccc([S+](c3ccc(F)cc3)c3ccc(F)cc3)cc2)c(Cl)c1. The second-order valence-corrected chi connectivity index (χ2v) is 11.7. The van der Waals surface area contributed by atoms with E-state index in [1.165, 1.54) is 36.0 Å². The van der Waals surface area contributed by atoms with Crippen LogP contribution in [0, 0.1) is 11.6 Å². The topological polar surface area (TPSA) is 17.1 Å². The van der Waals surface area contributed by atoms with Gasteiger partial charge in [-0.25, -0.2) is 8.78 Å². The van der Waals surface area contributed by atoms with Crippen LogP contribution in [0.2, 0.25) is 5.02 Å². The molecule has 0 fully saturated rings. The molecule has 182 valence electrons. The standard InChI is InChI=1S/C31H20ClF2OS2/c32-29-20-22(31(35)21-4-2-1-3-5-21)6-19-30(29)36-25-11-17-28(18-12-25)37(26-13-7-23(33)8-14-26)27-15-9-24(34)10-16-27/h1-20H/q+1. The van der Waals surface area contributed by atoms with Gasteiger partial charge in [0.2, 0.25) is 0 Å². The highest BCUT2D eigenvalue weighted by atomic mass is 35.5. The molecule has 0 saturated carbocycles. The van der Waals surface area contributed by atoms with E-state index in [0.29, 0.717) is 16.1 Å². The minimum absolute atomic E-state index is 0.0722. The van der Waals surface area contributed by atoms with Gasteiger partial charge >= 0.3 is 0 Å². The predicted molar refractivity (Wildman–Crippen MR) is 147 cm³/mol. The highest BCUT2D eigenvalue weighted by Crippen LogP contribution is 2.37. The van der Waals surface area contributed by atoms with Gasteiger partial charge in [0.1, 0.15) is 11.6 Å². The average Bonchev–Trinajstić information content (AvgIpc) is 2.93. The third-order valence-corrected chi connectivity index (χ3v) is 9.36. The molecule has 0 bridgehead atoms. The van der Waals surface area contributed by atoms with E-state index in [1.807, 2.05) is 48.5 Å². The smallest absolute Gasteiger partial charge is 0.193 e. The molecule has 5 aromatic rings. The Balaban J connectivity index is 1.39. The van der Waals surface area contributed by atoms with Crippen molar-refractivity contribution in [2.45, 2.75) is 24.5 Å². The van der Waals surface area contributed by atoms with E-state index >= 15 is 0 Å². The van der Waals surface area contributed by atoms with Crippen molar-refractivity contribution < 1.29 is 13.6 Å². The Bertz CT molecular complexity index is 1480. The van der Waals surface area contributed by atoms with E-state index in [9.17, 15) is 13.6 Å². The predicted octanol–water partition coefficient (Wildman–Crippen LogP) is 9.10. The van der Waals surface area contributed by atoms with Gasteiger partial charge in [-0.3, -0.25) is 4.79 Å². The van der Waals surface area contributed by atoms with Crippen LogP contribution in [0.3, 0.4) is 0 Å². The Hall–Kier alpha value is -3.38. The van der Waals surface area contributed by atoms with Crippen molar-refractivity contribution in [1.29, 1.82) is 0 Å². The molecule has 0 atom stereocenters. The van der Waals surface area contributed by atoms with Crippen molar-refractivity contribution in [2.75, 3.05) is 0 Å². The molecule has 37 heavy (non-hydrogen) atoms. The zero-order chi connectivity index (χ0) is 25.8. The molecule has 0 unspecified atom stereocenters. The maximum Gasteiger partial charge on any atom is 0.193 e. The fraction of sp³-hybridized carbons (Fsp3) is 0. The fourth-order valence-electron chi connectivity index (χ4n) is 3.80. The minimum Gasteiger partial charge on any atom is -0.289 e. The maximum atomic E-state index is 13.6. The second-order valence-electron chi connectivity index (χ2n) is 8.13. The van der Waals surface area contributed by atoms with Crippen molar-refractivity contribution in [3.63, 3.8) is 0 Å². The summed E-state index contributed by atoms with van der Waals surface area (Å²) in [5, 5.41) is 0.508. The molecular formula is C31H20ClF2OS2+. The first-order valence-corrected chi connectivity index (χ1v) is 13.8. The molecule has 0 heterocycles. The van der Waals surface area contributed by atoms with E-state index in [4.69, 9.17) is 11.6 Å². The summed E-state index contributed by atoms with van der Waals surface area (Å²) in [6, 6.07) is 35.4. The first kappa shape index (κ1) is 25.3. The summed E-state index contributed by atoms with van der Waals surface area (Å²) in [6.07, 6.45) is 0. The molecule has 0 spiro atoms. The van der Waals surface area contributed by atoms with Gasteiger partial charge in [-0.15, -0.1) is 0 Å². The number of hydrogen-bond acceptors (Lipinski definition) is 2. The Morgan fingerprint density at radius 3 is 1.65 bits per heavy atom. The molecule has 6 heteroatoms. The Morgan fingerprint density at radius 1 is 0.622 bits per heavy atom. The second kappa shape index (κ2) is 11.3. The fourth-order valence-corrected chi connectivity index (χ4v) is 6.96. The first-order valence-electron chi connectivity index (χ1n) is 11.4. The average molecular weight is 546 g/mol. The molecule has 0 radical (unpaired) electrons. The molecule has 0 aliphatic rings. The molecular weight excluding hydrogens is 526 g/mol. The van der Waals surface area contributed by atoms with E-state index < -0.39 is 10.9 Å². The lowest BCUT2D eigenvalue weighted by Crippen LogP contribution is -2.05. The van der Waals surface area contributed by atoms with Crippen molar-refractivity contribution in [3.05, 3.63) is 149 Å². The number of carbonyl (C=O) groups is 1. The van der Waals surface area contributed by atoms with Crippen LogP contribution in [0.15, 0.2) is 146 Å². The highest BCUT2D eigenvalue weighted by molar-refractivity contribution is 7.99. The van der Waals surface area contributed by atoms with E-state index in [1.54, 1.807) is 48.5 Å². The summed E-state index contributed by atoms with van der Waals surface area (Å²) in [6.45, 7) is 0. The van der Waals surface area contributed by atoms with Gasteiger partial charge < -0.3 is 0 Å². The van der Waals surface area contributed by atoms with Crippen molar-refractivity contribution >= 4 is 40.0 Å². The number of carbonyl (C=O) groups excluding carboxylic acids is 1. The summed E-state index contributed by atoms with van der Waals surface area (Å²) < 4.78 is 27.2. The van der Waals surface area contributed by atoms with Crippen LogP contribution in [-0.2, 0) is 10.9 Å². The number of hydrogen-bond donors (Lipinski definition) is 0. The number of benzene rings is 5. The molecule has 0 aliphatic heterocycles. The maximum absolute atomic E-state index is 13.6. The molecule has 0 saturated heterocycles. The Kier molecular flexibility index (Phi) is 7.75. The van der Waals surface area contributed by atoms with Crippen LogP contribution in [0.1, 0.15) is 15.9 Å². The Morgan fingerprint density at radius 2 is 1.14 bits per heavy atom. The van der Waals surface area contributed by atoms with E-state index in [0.717, 1.165) is 24.5 Å². The zero-order valence-electron chi connectivity index (χ0n) is 19.4. The van der Waals surface area contributed by atoms with Crippen LogP contribution in [-0.4, -0.2) is 5.78 Å².